The standard InChI is InChI=1S/C15H20N2O4S2/c1-9-10(13(18)20-2)12(23-11(9)14(19)21-3)16-15(22)17-7-5-4-6-8-17/h4-8H2,1-3H3,(H,16,22). The molecule has 1 aliphatic rings. The summed E-state index contributed by atoms with van der Waals surface area (Å²) in [5.41, 5.74) is 0.870. The van der Waals surface area contributed by atoms with Crippen molar-refractivity contribution in [1.29, 1.82) is 0 Å². The molecule has 2 rings (SSSR count). The van der Waals surface area contributed by atoms with Gasteiger partial charge in [0.05, 0.1) is 19.8 Å². The van der Waals surface area contributed by atoms with E-state index in [1.165, 1.54) is 20.6 Å². The van der Waals surface area contributed by atoms with E-state index in [-0.39, 0.29) is 0 Å². The minimum Gasteiger partial charge on any atom is -0.465 e. The number of hydrogen-bond acceptors (Lipinski definition) is 6. The van der Waals surface area contributed by atoms with Crippen LogP contribution in [0.3, 0.4) is 0 Å². The average molecular weight is 356 g/mol. The Labute approximate surface area is 144 Å². The van der Waals surface area contributed by atoms with Crippen molar-refractivity contribution in [3.8, 4) is 0 Å². The van der Waals surface area contributed by atoms with Crippen molar-refractivity contribution in [3.63, 3.8) is 0 Å². The summed E-state index contributed by atoms with van der Waals surface area (Å²) in [6.45, 7) is 3.49. The largest absolute Gasteiger partial charge is 0.465 e. The number of piperidine rings is 1. The van der Waals surface area contributed by atoms with Gasteiger partial charge in [-0.3, -0.25) is 0 Å². The molecule has 1 saturated heterocycles. The minimum atomic E-state index is -0.502. The van der Waals surface area contributed by atoms with E-state index in [9.17, 15) is 9.59 Å². The van der Waals surface area contributed by atoms with Crippen molar-refractivity contribution in [1.82, 2.24) is 4.90 Å². The first-order valence-electron chi connectivity index (χ1n) is 7.35. The van der Waals surface area contributed by atoms with Crippen LogP contribution in [0.4, 0.5) is 5.00 Å². The lowest BCUT2D eigenvalue weighted by atomic mass is 10.1. The summed E-state index contributed by atoms with van der Waals surface area (Å²) in [5, 5.41) is 4.18. The number of nitrogens with zero attached hydrogens (tertiary/aromatic N) is 1. The van der Waals surface area contributed by atoms with Crippen molar-refractivity contribution >= 4 is 45.6 Å². The molecule has 0 amide bonds. The van der Waals surface area contributed by atoms with Gasteiger partial charge < -0.3 is 19.7 Å². The predicted molar refractivity (Wildman–Crippen MR) is 93.4 cm³/mol. The lowest BCUT2D eigenvalue weighted by Gasteiger charge is -2.29. The molecule has 0 aliphatic carbocycles. The van der Waals surface area contributed by atoms with Gasteiger partial charge in [-0.25, -0.2) is 9.59 Å². The zero-order valence-corrected chi connectivity index (χ0v) is 15.1. The number of esters is 2. The highest BCUT2D eigenvalue weighted by Gasteiger charge is 2.27. The second-order valence-corrected chi connectivity index (χ2v) is 6.63. The fourth-order valence-electron chi connectivity index (χ4n) is 2.51. The Morgan fingerprint density at radius 1 is 1.13 bits per heavy atom. The molecule has 1 aliphatic heterocycles. The van der Waals surface area contributed by atoms with Crippen LogP contribution in [0.25, 0.3) is 0 Å². The maximum absolute atomic E-state index is 12.1. The molecule has 1 aromatic rings. The number of nitrogens with one attached hydrogen (secondary N) is 1. The number of rotatable bonds is 3. The van der Waals surface area contributed by atoms with Crippen LogP contribution in [0.2, 0.25) is 0 Å². The lowest BCUT2D eigenvalue weighted by Crippen LogP contribution is -2.38. The van der Waals surface area contributed by atoms with Gasteiger partial charge in [-0.2, -0.15) is 0 Å². The van der Waals surface area contributed by atoms with E-state index in [0.29, 0.717) is 26.1 Å². The number of carbonyl (C=O) groups excluding carboxylic acids is 2. The molecule has 1 fully saturated rings. The second-order valence-electron chi connectivity index (χ2n) is 5.22. The van der Waals surface area contributed by atoms with Crippen molar-refractivity contribution in [3.05, 3.63) is 16.0 Å². The number of likely N-dealkylation sites (tertiary alicyclic amines) is 1. The molecule has 2 heterocycles. The Morgan fingerprint density at radius 3 is 2.30 bits per heavy atom. The van der Waals surface area contributed by atoms with Crippen LogP contribution in [0.1, 0.15) is 44.9 Å². The summed E-state index contributed by atoms with van der Waals surface area (Å²) in [4.78, 5) is 26.4. The minimum absolute atomic E-state index is 0.331. The van der Waals surface area contributed by atoms with Gasteiger partial charge in [0.1, 0.15) is 9.88 Å². The molecule has 0 radical (unpaired) electrons. The monoisotopic (exact) mass is 356 g/mol. The third-order valence-electron chi connectivity index (χ3n) is 3.77. The Bertz CT molecular complexity index is 621. The van der Waals surface area contributed by atoms with Gasteiger partial charge in [0, 0.05) is 13.1 Å². The summed E-state index contributed by atoms with van der Waals surface area (Å²) in [5.74, 6) is -0.979. The Kier molecular flexibility index (Phi) is 5.95. The van der Waals surface area contributed by atoms with Gasteiger partial charge in [0.2, 0.25) is 0 Å². The highest BCUT2D eigenvalue weighted by Crippen LogP contribution is 2.34. The fraction of sp³-hybridized carbons (Fsp3) is 0.533. The molecule has 0 atom stereocenters. The van der Waals surface area contributed by atoms with Crippen LogP contribution in [0, 0.1) is 6.92 Å². The molecule has 0 bridgehead atoms. The van der Waals surface area contributed by atoms with Gasteiger partial charge in [0.25, 0.3) is 0 Å². The SMILES string of the molecule is COC(=O)c1sc(NC(=S)N2CCCCC2)c(C(=O)OC)c1C. The van der Waals surface area contributed by atoms with Gasteiger partial charge in [0.15, 0.2) is 5.11 Å². The number of carbonyl (C=O) groups is 2. The van der Waals surface area contributed by atoms with Gasteiger partial charge in [-0.1, -0.05) is 0 Å². The van der Waals surface area contributed by atoms with Gasteiger partial charge >= 0.3 is 11.9 Å². The zero-order chi connectivity index (χ0) is 17.0. The predicted octanol–water partition coefficient (Wildman–Crippen LogP) is 2.81. The molecule has 23 heavy (non-hydrogen) atoms. The van der Waals surface area contributed by atoms with Crippen LogP contribution < -0.4 is 5.32 Å². The van der Waals surface area contributed by atoms with Gasteiger partial charge in [-0.05, 0) is 44.0 Å². The van der Waals surface area contributed by atoms with Crippen molar-refractivity contribution < 1.29 is 19.1 Å². The van der Waals surface area contributed by atoms with E-state index < -0.39 is 11.9 Å². The molecule has 1 N–H and O–H groups in total. The Balaban J connectivity index is 2.30. The summed E-state index contributed by atoms with van der Waals surface area (Å²) in [7, 11) is 2.62. The lowest BCUT2D eigenvalue weighted by molar-refractivity contribution is 0.0601. The first-order chi connectivity index (χ1) is 11.0. The average Bonchev–Trinajstić information content (AvgIpc) is 2.90. The third-order valence-corrected chi connectivity index (χ3v) is 5.32. The second kappa shape index (κ2) is 7.74. The van der Waals surface area contributed by atoms with Crippen molar-refractivity contribution in [2.45, 2.75) is 26.2 Å². The van der Waals surface area contributed by atoms with Crippen LogP contribution in [0.5, 0.6) is 0 Å². The first-order valence-corrected chi connectivity index (χ1v) is 8.58. The van der Waals surface area contributed by atoms with E-state index in [0.717, 1.165) is 37.3 Å². The summed E-state index contributed by atoms with van der Waals surface area (Å²) in [6, 6.07) is 0. The van der Waals surface area contributed by atoms with Crippen LogP contribution in [-0.2, 0) is 9.47 Å². The molecule has 8 heteroatoms. The maximum Gasteiger partial charge on any atom is 0.348 e. The normalized spacial score (nSPS) is 14.3. The smallest absolute Gasteiger partial charge is 0.348 e. The zero-order valence-electron chi connectivity index (χ0n) is 13.4. The number of thiophene rings is 1. The number of ether oxygens (including phenoxy) is 2. The molecular weight excluding hydrogens is 336 g/mol. The van der Waals surface area contributed by atoms with E-state index in [1.807, 2.05) is 0 Å². The van der Waals surface area contributed by atoms with Gasteiger partial charge in [-0.15, -0.1) is 11.3 Å². The van der Waals surface area contributed by atoms with E-state index >= 15 is 0 Å². The van der Waals surface area contributed by atoms with E-state index in [2.05, 4.69) is 10.2 Å². The fourth-order valence-corrected chi connectivity index (χ4v) is 3.97. The summed E-state index contributed by atoms with van der Waals surface area (Å²) >= 11 is 6.59. The van der Waals surface area contributed by atoms with Crippen LogP contribution in [-0.4, -0.2) is 49.3 Å². The molecule has 0 saturated carbocycles. The van der Waals surface area contributed by atoms with Crippen LogP contribution in [0.15, 0.2) is 0 Å². The molecule has 6 nitrogen and oxygen atoms in total. The Hall–Kier alpha value is -1.67. The topological polar surface area (TPSA) is 67.9 Å². The third kappa shape index (κ3) is 3.81. The maximum atomic E-state index is 12.1. The van der Waals surface area contributed by atoms with E-state index in [1.54, 1.807) is 6.92 Å². The Morgan fingerprint density at radius 2 is 1.74 bits per heavy atom. The molecule has 1 aromatic heterocycles. The summed E-state index contributed by atoms with van der Waals surface area (Å²) in [6.07, 6.45) is 3.40. The number of hydrogen-bond donors (Lipinski definition) is 1. The number of anilines is 1. The summed E-state index contributed by atoms with van der Waals surface area (Å²) < 4.78 is 9.60. The number of methoxy groups -OCH3 is 2. The van der Waals surface area contributed by atoms with Crippen molar-refractivity contribution in [2.24, 2.45) is 0 Å². The molecule has 0 unspecified atom stereocenters. The van der Waals surface area contributed by atoms with E-state index in [4.69, 9.17) is 21.7 Å². The highest BCUT2D eigenvalue weighted by atomic mass is 32.1. The van der Waals surface area contributed by atoms with Crippen molar-refractivity contribution in [2.75, 3.05) is 32.6 Å². The first kappa shape index (κ1) is 17.7. The quantitative estimate of drug-likeness (QED) is 0.660. The molecular formula is C15H20N2O4S2. The highest BCUT2D eigenvalue weighted by molar-refractivity contribution is 7.80. The molecule has 126 valence electrons. The molecule has 0 aromatic carbocycles. The number of thiocarbonyl (C=S) groups is 1. The molecule has 0 spiro atoms. The van der Waals surface area contributed by atoms with Crippen LogP contribution >= 0.6 is 23.6 Å².